The first kappa shape index (κ1) is 12.3. The highest BCUT2D eigenvalue weighted by molar-refractivity contribution is 5.16. The summed E-state index contributed by atoms with van der Waals surface area (Å²) < 4.78 is 5.75. The lowest BCUT2D eigenvalue weighted by Crippen LogP contribution is -2.28. The zero-order valence-electron chi connectivity index (χ0n) is 10.9. The fourth-order valence-corrected chi connectivity index (χ4v) is 1.98. The molecule has 1 N–H and O–H groups in total. The van der Waals surface area contributed by atoms with Gasteiger partial charge in [0.15, 0.2) is 0 Å². The van der Waals surface area contributed by atoms with E-state index < -0.39 is 0 Å². The minimum atomic E-state index is 0.335. The van der Waals surface area contributed by atoms with Crippen LogP contribution in [0.3, 0.4) is 0 Å². The molecule has 2 heterocycles. The topological polar surface area (TPSA) is 47.0 Å². The molecule has 1 aliphatic heterocycles. The highest BCUT2D eigenvalue weighted by Gasteiger charge is 2.15. The molecule has 1 unspecified atom stereocenters. The number of hydrogen-bond acceptors (Lipinski definition) is 4. The van der Waals surface area contributed by atoms with Crippen LogP contribution in [0.5, 0.6) is 5.88 Å². The van der Waals surface area contributed by atoms with Crippen molar-refractivity contribution in [3.8, 4) is 5.88 Å². The molecule has 0 saturated carbocycles. The van der Waals surface area contributed by atoms with E-state index in [9.17, 15) is 0 Å². The van der Waals surface area contributed by atoms with E-state index in [1.165, 1.54) is 12.8 Å². The molecule has 94 valence electrons. The molecule has 0 bridgehead atoms. The molecule has 0 amide bonds. The summed E-state index contributed by atoms with van der Waals surface area (Å²) >= 11 is 0. The van der Waals surface area contributed by atoms with Crippen molar-refractivity contribution < 1.29 is 4.74 Å². The zero-order chi connectivity index (χ0) is 12.3. The molecule has 4 nitrogen and oxygen atoms in total. The summed E-state index contributed by atoms with van der Waals surface area (Å²) in [5.74, 6) is 1.90. The van der Waals surface area contributed by atoms with Gasteiger partial charge in [0.25, 0.3) is 0 Å². The molecular formula is C13H21N3O. The average molecular weight is 235 g/mol. The largest absolute Gasteiger partial charge is 0.476 e. The third-order valence-electron chi connectivity index (χ3n) is 2.96. The molecule has 17 heavy (non-hydrogen) atoms. The highest BCUT2D eigenvalue weighted by atomic mass is 16.5. The molecule has 4 heteroatoms. The normalized spacial score (nSPS) is 19.9. The van der Waals surface area contributed by atoms with Crippen molar-refractivity contribution in [3.63, 3.8) is 0 Å². The predicted octanol–water partition coefficient (Wildman–Crippen LogP) is 2.04. The van der Waals surface area contributed by atoms with Gasteiger partial charge in [0, 0.05) is 23.7 Å². The third kappa shape index (κ3) is 3.40. The van der Waals surface area contributed by atoms with Gasteiger partial charge >= 0.3 is 0 Å². The number of aryl methyl sites for hydroxylation is 1. The van der Waals surface area contributed by atoms with Crippen molar-refractivity contribution in [2.75, 3.05) is 13.2 Å². The Morgan fingerprint density at radius 2 is 2.29 bits per heavy atom. The van der Waals surface area contributed by atoms with Gasteiger partial charge in [-0.15, -0.1) is 0 Å². The van der Waals surface area contributed by atoms with Crippen LogP contribution in [0.25, 0.3) is 0 Å². The lowest BCUT2D eigenvalue weighted by molar-refractivity contribution is 0.265. The standard InChI is InChI=1S/C13H21N3O/c1-9(2)13-15-10(3)7-12(16-13)17-8-11-5-4-6-14-11/h7,9,11,14H,4-6,8H2,1-3H3. The van der Waals surface area contributed by atoms with Gasteiger partial charge in [-0.25, -0.2) is 4.98 Å². The van der Waals surface area contributed by atoms with Gasteiger partial charge in [0.2, 0.25) is 5.88 Å². The van der Waals surface area contributed by atoms with E-state index in [1.54, 1.807) is 0 Å². The van der Waals surface area contributed by atoms with E-state index in [-0.39, 0.29) is 0 Å². The molecule has 1 fully saturated rings. The molecular weight excluding hydrogens is 214 g/mol. The van der Waals surface area contributed by atoms with Crippen LogP contribution in [0.1, 0.15) is 44.1 Å². The molecule has 1 saturated heterocycles. The first-order valence-electron chi connectivity index (χ1n) is 6.37. The maximum Gasteiger partial charge on any atom is 0.216 e. The van der Waals surface area contributed by atoms with Gasteiger partial charge in [0.05, 0.1) is 0 Å². The lowest BCUT2D eigenvalue weighted by Gasteiger charge is -2.13. The van der Waals surface area contributed by atoms with Gasteiger partial charge in [-0.2, -0.15) is 4.98 Å². The van der Waals surface area contributed by atoms with E-state index in [4.69, 9.17) is 4.74 Å². The van der Waals surface area contributed by atoms with E-state index in [0.717, 1.165) is 18.1 Å². The number of rotatable bonds is 4. The summed E-state index contributed by atoms with van der Waals surface area (Å²) in [7, 11) is 0. The van der Waals surface area contributed by atoms with Crippen molar-refractivity contribution in [1.82, 2.24) is 15.3 Å². The van der Waals surface area contributed by atoms with Gasteiger partial charge in [-0.3, -0.25) is 0 Å². The Kier molecular flexibility index (Phi) is 3.94. The second kappa shape index (κ2) is 5.45. The molecule has 1 atom stereocenters. The first-order valence-corrected chi connectivity index (χ1v) is 6.37. The number of nitrogens with zero attached hydrogens (tertiary/aromatic N) is 2. The van der Waals surface area contributed by atoms with Gasteiger partial charge in [-0.1, -0.05) is 13.8 Å². The van der Waals surface area contributed by atoms with Crippen molar-refractivity contribution >= 4 is 0 Å². The quantitative estimate of drug-likeness (QED) is 0.867. The van der Waals surface area contributed by atoms with Crippen molar-refractivity contribution in [3.05, 3.63) is 17.6 Å². The molecule has 0 spiro atoms. The van der Waals surface area contributed by atoms with E-state index in [2.05, 4.69) is 29.1 Å². The van der Waals surface area contributed by atoms with Crippen LogP contribution in [0.2, 0.25) is 0 Å². The van der Waals surface area contributed by atoms with Crippen LogP contribution in [-0.2, 0) is 0 Å². The fourth-order valence-electron chi connectivity index (χ4n) is 1.98. The van der Waals surface area contributed by atoms with Crippen molar-refractivity contribution in [2.45, 2.75) is 45.6 Å². The van der Waals surface area contributed by atoms with Gasteiger partial charge in [-0.05, 0) is 26.3 Å². The Labute approximate surface area is 103 Å². The maximum atomic E-state index is 5.75. The summed E-state index contributed by atoms with van der Waals surface area (Å²) in [6, 6.07) is 2.38. The second-order valence-electron chi connectivity index (χ2n) is 4.96. The number of hydrogen-bond donors (Lipinski definition) is 1. The number of aromatic nitrogens is 2. The van der Waals surface area contributed by atoms with Crippen LogP contribution < -0.4 is 10.1 Å². The first-order chi connectivity index (χ1) is 8.15. The average Bonchev–Trinajstić information content (AvgIpc) is 2.78. The minimum Gasteiger partial charge on any atom is -0.476 e. The van der Waals surface area contributed by atoms with Crippen LogP contribution in [0.4, 0.5) is 0 Å². The maximum absolute atomic E-state index is 5.75. The Hall–Kier alpha value is -1.16. The van der Waals surface area contributed by atoms with Crippen LogP contribution >= 0.6 is 0 Å². The molecule has 0 radical (unpaired) electrons. The Balaban J connectivity index is 1.99. The molecule has 0 aliphatic carbocycles. The smallest absolute Gasteiger partial charge is 0.216 e. The molecule has 1 aromatic heterocycles. The monoisotopic (exact) mass is 235 g/mol. The molecule has 1 aliphatic rings. The van der Waals surface area contributed by atoms with Gasteiger partial charge in [0.1, 0.15) is 12.4 Å². The van der Waals surface area contributed by atoms with E-state index >= 15 is 0 Å². The summed E-state index contributed by atoms with van der Waals surface area (Å²) in [6.45, 7) is 7.98. The fraction of sp³-hybridized carbons (Fsp3) is 0.692. The van der Waals surface area contributed by atoms with Gasteiger partial charge < -0.3 is 10.1 Å². The molecule has 1 aromatic rings. The summed E-state index contributed by atoms with van der Waals surface area (Å²) in [5.41, 5.74) is 0.970. The van der Waals surface area contributed by atoms with E-state index in [0.29, 0.717) is 24.4 Å². The number of ether oxygens (including phenoxy) is 1. The second-order valence-corrected chi connectivity index (χ2v) is 4.96. The highest BCUT2D eigenvalue weighted by Crippen LogP contribution is 2.16. The summed E-state index contributed by atoms with van der Waals surface area (Å²) in [6.07, 6.45) is 2.44. The van der Waals surface area contributed by atoms with Crippen LogP contribution in [0.15, 0.2) is 6.07 Å². The summed E-state index contributed by atoms with van der Waals surface area (Å²) in [5, 5.41) is 3.41. The molecule has 2 rings (SSSR count). The van der Waals surface area contributed by atoms with Crippen molar-refractivity contribution in [2.24, 2.45) is 0 Å². The van der Waals surface area contributed by atoms with E-state index in [1.807, 2.05) is 13.0 Å². The third-order valence-corrected chi connectivity index (χ3v) is 2.96. The SMILES string of the molecule is Cc1cc(OCC2CCCN2)nc(C(C)C)n1. The van der Waals surface area contributed by atoms with Crippen LogP contribution in [-0.4, -0.2) is 29.2 Å². The number of nitrogens with one attached hydrogen (secondary N) is 1. The zero-order valence-corrected chi connectivity index (χ0v) is 10.9. The Bertz CT molecular complexity index is 373. The van der Waals surface area contributed by atoms with Crippen molar-refractivity contribution in [1.29, 1.82) is 0 Å². The Morgan fingerprint density at radius 3 is 2.94 bits per heavy atom. The minimum absolute atomic E-state index is 0.335. The van der Waals surface area contributed by atoms with Crippen LogP contribution in [0, 0.1) is 6.92 Å². The Morgan fingerprint density at radius 1 is 1.47 bits per heavy atom. The summed E-state index contributed by atoms with van der Waals surface area (Å²) in [4.78, 5) is 8.84. The molecule has 0 aromatic carbocycles. The predicted molar refractivity (Wildman–Crippen MR) is 67.4 cm³/mol. The lowest BCUT2D eigenvalue weighted by atomic mass is 10.2.